The van der Waals surface area contributed by atoms with Crippen LogP contribution < -0.4 is 4.90 Å². The molecule has 12 aromatic carbocycles. The molecule has 3 aliphatic carbocycles. The van der Waals surface area contributed by atoms with Crippen molar-refractivity contribution in [2.75, 3.05) is 4.90 Å². The monoisotopic (exact) mass is 962 g/mol. The fourth-order valence-electron chi connectivity index (χ4n) is 14.7. The number of hydrogen-bond donors (Lipinski definition) is 0. The number of hydrogen-bond acceptors (Lipinski definition) is 1. The van der Waals surface area contributed by atoms with E-state index in [-0.39, 0.29) is 0 Å². The van der Waals surface area contributed by atoms with Crippen molar-refractivity contribution in [1.29, 1.82) is 0 Å². The molecule has 76 heavy (non-hydrogen) atoms. The van der Waals surface area contributed by atoms with Crippen LogP contribution in [0.5, 0.6) is 0 Å². The van der Waals surface area contributed by atoms with Crippen molar-refractivity contribution in [2.24, 2.45) is 0 Å². The van der Waals surface area contributed by atoms with Crippen molar-refractivity contribution < 1.29 is 0 Å². The maximum atomic E-state index is 2.57. The van der Waals surface area contributed by atoms with Gasteiger partial charge in [-0.05, 0) is 143 Å². The molecule has 13 aromatic rings. The molecule has 2 nitrogen and oxygen atoms in total. The lowest BCUT2D eigenvalue weighted by Gasteiger charge is -2.40. The fourth-order valence-corrected chi connectivity index (χ4v) is 14.7. The Morgan fingerprint density at radius 2 is 0.697 bits per heavy atom. The molecule has 0 saturated heterocycles. The molecule has 1 aromatic heterocycles. The number of benzene rings is 12. The zero-order valence-electron chi connectivity index (χ0n) is 41.5. The van der Waals surface area contributed by atoms with Crippen LogP contribution in [0.1, 0.15) is 44.5 Å². The highest BCUT2D eigenvalue weighted by Crippen LogP contribution is 2.65. The fraction of sp³-hybridized carbons (Fsp3) is 0.0270. The summed E-state index contributed by atoms with van der Waals surface area (Å²) in [5.41, 5.74) is 28.8. The summed E-state index contributed by atoms with van der Waals surface area (Å²) in [6.45, 7) is 0. The Bertz CT molecular complexity index is 4500. The minimum atomic E-state index is -0.613. The zero-order chi connectivity index (χ0) is 49.7. The second-order valence-corrected chi connectivity index (χ2v) is 21.0. The highest BCUT2D eigenvalue weighted by Gasteiger charge is 2.53. The van der Waals surface area contributed by atoms with E-state index >= 15 is 0 Å². The lowest BCUT2D eigenvalue weighted by molar-refractivity contribution is 0.748. The summed E-state index contributed by atoms with van der Waals surface area (Å²) in [6.07, 6.45) is 0. The van der Waals surface area contributed by atoms with Crippen LogP contribution in [0, 0.1) is 0 Å². The molecule has 0 radical (unpaired) electrons. The van der Waals surface area contributed by atoms with Gasteiger partial charge in [0.2, 0.25) is 0 Å². The van der Waals surface area contributed by atoms with Crippen molar-refractivity contribution in [3.63, 3.8) is 0 Å². The Hall–Kier alpha value is -9.76. The molecule has 0 unspecified atom stereocenters. The van der Waals surface area contributed by atoms with Gasteiger partial charge < -0.3 is 9.47 Å². The standard InChI is InChI=1S/C74H46N2/c1-2-20-47(21-3-1)48-22-18-23-49(44-48)52-24-9-16-38-69(52)75(50-40-42-58-57-29-8-13-34-63(57)73(67(58)45-50)61-32-11-4-25-53(61)54-26-5-12-33-62(54)73)51-41-43-71-68(46-51)74(64-35-14-6-27-55(64)56-28-7-15-36-65(56)74)66-37-19-31-60-59-30-10-17-39-70(59)76(71)72(60)66/h1-46H. The predicted octanol–water partition coefficient (Wildman–Crippen LogP) is 18.6. The van der Waals surface area contributed by atoms with E-state index in [0.717, 1.165) is 28.2 Å². The SMILES string of the molecule is c1ccc(-c2cccc(-c3ccccc3N(c3ccc4c(c3)C3(c5ccccc5-c5ccccc53)c3ccccc3-4)c3ccc4c(c3)C3(c5ccccc5-c5ccccc53)c3cccc5c6ccccc6n-4c35)c2)cc1. The maximum absolute atomic E-state index is 2.57. The van der Waals surface area contributed by atoms with Crippen LogP contribution in [-0.4, -0.2) is 4.57 Å². The van der Waals surface area contributed by atoms with Gasteiger partial charge in [-0.15, -0.1) is 0 Å². The largest absolute Gasteiger partial charge is 0.310 e. The molecule has 2 heteroatoms. The van der Waals surface area contributed by atoms with Gasteiger partial charge in [0, 0.05) is 27.7 Å². The second kappa shape index (κ2) is 15.4. The van der Waals surface area contributed by atoms with Crippen molar-refractivity contribution in [3.8, 4) is 61.3 Å². The molecular weight excluding hydrogens is 917 g/mol. The molecule has 0 saturated carbocycles. The molecule has 0 amide bonds. The van der Waals surface area contributed by atoms with Gasteiger partial charge >= 0.3 is 0 Å². The molecule has 0 fully saturated rings. The van der Waals surface area contributed by atoms with E-state index in [1.54, 1.807) is 0 Å². The van der Waals surface area contributed by atoms with E-state index in [1.807, 2.05) is 0 Å². The average molecular weight is 963 g/mol. The first-order valence-corrected chi connectivity index (χ1v) is 26.6. The van der Waals surface area contributed by atoms with Crippen molar-refractivity contribution in [2.45, 2.75) is 10.8 Å². The van der Waals surface area contributed by atoms with Crippen LogP contribution in [0.2, 0.25) is 0 Å². The number of rotatable bonds is 5. The summed E-state index contributed by atoms with van der Waals surface area (Å²) >= 11 is 0. The molecule has 4 aliphatic rings. The Balaban J connectivity index is 0.980. The van der Waals surface area contributed by atoms with Crippen LogP contribution in [0.25, 0.3) is 83.1 Å². The summed E-state index contributed by atoms with van der Waals surface area (Å²) < 4.78 is 2.56. The van der Waals surface area contributed by atoms with Gasteiger partial charge in [-0.1, -0.05) is 231 Å². The summed E-state index contributed by atoms with van der Waals surface area (Å²) in [7, 11) is 0. The first-order chi connectivity index (χ1) is 37.7. The average Bonchev–Trinajstić information content (AvgIpc) is 4.36. The number of fused-ring (bicyclic) bond motifs is 22. The van der Waals surface area contributed by atoms with Crippen LogP contribution in [-0.2, 0) is 10.8 Å². The number of anilines is 3. The Morgan fingerprint density at radius 3 is 1.33 bits per heavy atom. The quantitative estimate of drug-likeness (QED) is 0.167. The Labute approximate surface area is 441 Å². The number of aromatic nitrogens is 1. The van der Waals surface area contributed by atoms with E-state index in [2.05, 4.69) is 289 Å². The van der Waals surface area contributed by atoms with Crippen molar-refractivity contribution in [3.05, 3.63) is 324 Å². The van der Waals surface area contributed by atoms with Crippen LogP contribution in [0.15, 0.2) is 279 Å². The van der Waals surface area contributed by atoms with Crippen LogP contribution in [0.4, 0.5) is 17.1 Å². The third-order valence-electron chi connectivity index (χ3n) is 17.6. The minimum absolute atomic E-state index is 0.508. The molecule has 2 spiro atoms. The summed E-state index contributed by atoms with van der Waals surface area (Å²) in [4.78, 5) is 2.57. The Kier molecular flexibility index (Phi) is 8.44. The van der Waals surface area contributed by atoms with Crippen molar-refractivity contribution in [1.82, 2.24) is 4.57 Å². The summed E-state index contributed by atoms with van der Waals surface area (Å²) in [5.74, 6) is 0. The lowest BCUT2D eigenvalue weighted by atomic mass is 9.65. The van der Waals surface area contributed by atoms with E-state index in [4.69, 9.17) is 0 Å². The van der Waals surface area contributed by atoms with E-state index in [1.165, 1.54) is 117 Å². The predicted molar refractivity (Wildman–Crippen MR) is 313 cm³/mol. The van der Waals surface area contributed by atoms with Gasteiger partial charge in [-0.3, -0.25) is 0 Å². The van der Waals surface area contributed by atoms with E-state index in [0.29, 0.717) is 0 Å². The molecule has 2 heterocycles. The first kappa shape index (κ1) is 41.7. The van der Waals surface area contributed by atoms with E-state index in [9.17, 15) is 0 Å². The molecule has 1 aliphatic heterocycles. The molecule has 352 valence electrons. The number of para-hydroxylation sites is 3. The second-order valence-electron chi connectivity index (χ2n) is 21.0. The van der Waals surface area contributed by atoms with Gasteiger partial charge in [-0.2, -0.15) is 0 Å². The van der Waals surface area contributed by atoms with Gasteiger partial charge in [0.05, 0.1) is 33.2 Å². The van der Waals surface area contributed by atoms with Gasteiger partial charge in [0.15, 0.2) is 0 Å². The molecule has 0 atom stereocenters. The van der Waals surface area contributed by atoms with Crippen molar-refractivity contribution >= 4 is 38.9 Å². The molecule has 0 N–H and O–H groups in total. The van der Waals surface area contributed by atoms with Gasteiger partial charge in [-0.25, -0.2) is 0 Å². The number of nitrogens with zero attached hydrogens (tertiary/aromatic N) is 2. The zero-order valence-corrected chi connectivity index (χ0v) is 41.5. The first-order valence-electron chi connectivity index (χ1n) is 26.6. The highest BCUT2D eigenvalue weighted by molar-refractivity contribution is 6.13. The summed E-state index contributed by atoms with van der Waals surface area (Å²) in [6, 6.07) is 105. The van der Waals surface area contributed by atoms with Crippen LogP contribution >= 0.6 is 0 Å². The van der Waals surface area contributed by atoms with E-state index < -0.39 is 10.8 Å². The third-order valence-corrected chi connectivity index (χ3v) is 17.6. The van der Waals surface area contributed by atoms with Gasteiger partial charge in [0.25, 0.3) is 0 Å². The normalized spacial score (nSPS) is 14.0. The maximum Gasteiger partial charge on any atom is 0.0755 e. The van der Waals surface area contributed by atoms with Crippen LogP contribution in [0.3, 0.4) is 0 Å². The summed E-state index contributed by atoms with van der Waals surface area (Å²) in [5, 5.41) is 2.54. The molecular formula is C74H46N2. The lowest BCUT2D eigenvalue weighted by Crippen LogP contribution is -2.33. The molecule has 17 rings (SSSR count). The third kappa shape index (κ3) is 5.25. The highest BCUT2D eigenvalue weighted by atomic mass is 15.1. The topological polar surface area (TPSA) is 8.17 Å². The van der Waals surface area contributed by atoms with Gasteiger partial charge in [0.1, 0.15) is 0 Å². The Morgan fingerprint density at radius 1 is 0.263 bits per heavy atom. The minimum Gasteiger partial charge on any atom is -0.310 e. The smallest absolute Gasteiger partial charge is 0.0755 e. The molecule has 0 bridgehead atoms.